The third kappa shape index (κ3) is 4.16. The van der Waals surface area contributed by atoms with Crippen LogP contribution in [0.3, 0.4) is 0 Å². The SMILES string of the molecule is CCCNc1ccccc1C(=O)NC1CCCSC1. The van der Waals surface area contributed by atoms with E-state index in [0.29, 0.717) is 6.04 Å². The minimum atomic E-state index is 0.0479. The first-order chi connectivity index (χ1) is 9.31. The Bertz CT molecular complexity index is 416. The summed E-state index contributed by atoms with van der Waals surface area (Å²) >= 11 is 1.93. The highest BCUT2D eigenvalue weighted by Crippen LogP contribution is 2.19. The summed E-state index contributed by atoms with van der Waals surface area (Å²) < 4.78 is 0. The van der Waals surface area contributed by atoms with Crippen molar-refractivity contribution in [3.8, 4) is 0 Å². The van der Waals surface area contributed by atoms with Crippen LogP contribution in [0.25, 0.3) is 0 Å². The summed E-state index contributed by atoms with van der Waals surface area (Å²) in [7, 11) is 0. The molecule has 1 unspecified atom stereocenters. The summed E-state index contributed by atoms with van der Waals surface area (Å²) in [5.74, 6) is 2.31. The van der Waals surface area contributed by atoms with Gasteiger partial charge in [0.05, 0.1) is 5.56 Å². The van der Waals surface area contributed by atoms with Crippen LogP contribution in [0.2, 0.25) is 0 Å². The Morgan fingerprint density at radius 3 is 3.00 bits per heavy atom. The van der Waals surface area contributed by atoms with Crippen molar-refractivity contribution in [3.05, 3.63) is 29.8 Å². The van der Waals surface area contributed by atoms with Crippen LogP contribution in [0.15, 0.2) is 24.3 Å². The van der Waals surface area contributed by atoms with Crippen molar-refractivity contribution in [3.63, 3.8) is 0 Å². The predicted molar refractivity (Wildman–Crippen MR) is 83.0 cm³/mol. The number of anilines is 1. The molecule has 1 aromatic rings. The van der Waals surface area contributed by atoms with Crippen LogP contribution >= 0.6 is 11.8 Å². The molecule has 19 heavy (non-hydrogen) atoms. The van der Waals surface area contributed by atoms with Gasteiger partial charge in [-0.2, -0.15) is 11.8 Å². The fourth-order valence-corrected chi connectivity index (χ4v) is 3.28. The molecule has 0 spiro atoms. The van der Waals surface area contributed by atoms with Gasteiger partial charge in [0, 0.05) is 24.0 Å². The Balaban J connectivity index is 2.00. The molecule has 0 aromatic heterocycles. The maximum atomic E-state index is 12.3. The number of amides is 1. The van der Waals surface area contributed by atoms with Crippen LogP contribution in [-0.4, -0.2) is 30.0 Å². The fraction of sp³-hybridized carbons (Fsp3) is 0.533. The number of para-hydroxylation sites is 1. The van der Waals surface area contributed by atoms with Gasteiger partial charge in [-0.25, -0.2) is 0 Å². The first-order valence-electron chi connectivity index (χ1n) is 7.02. The van der Waals surface area contributed by atoms with Crippen molar-refractivity contribution in [1.82, 2.24) is 5.32 Å². The van der Waals surface area contributed by atoms with Gasteiger partial charge in [-0.15, -0.1) is 0 Å². The van der Waals surface area contributed by atoms with Crippen LogP contribution in [0.4, 0.5) is 5.69 Å². The molecule has 4 heteroatoms. The Morgan fingerprint density at radius 1 is 1.42 bits per heavy atom. The molecule has 1 amide bonds. The van der Waals surface area contributed by atoms with E-state index in [2.05, 4.69) is 17.6 Å². The highest BCUT2D eigenvalue weighted by Gasteiger charge is 2.18. The Hall–Kier alpha value is -1.16. The summed E-state index contributed by atoms with van der Waals surface area (Å²) in [6, 6.07) is 8.07. The Morgan fingerprint density at radius 2 is 2.26 bits per heavy atom. The molecule has 1 heterocycles. The molecule has 2 rings (SSSR count). The van der Waals surface area contributed by atoms with E-state index in [9.17, 15) is 4.79 Å². The molecule has 1 fully saturated rings. The molecule has 3 nitrogen and oxygen atoms in total. The zero-order valence-corrected chi connectivity index (χ0v) is 12.3. The monoisotopic (exact) mass is 278 g/mol. The van der Waals surface area contributed by atoms with Crippen LogP contribution in [0, 0.1) is 0 Å². The second-order valence-corrected chi connectivity index (χ2v) is 6.01. The van der Waals surface area contributed by atoms with Crippen molar-refractivity contribution >= 4 is 23.4 Å². The molecule has 0 saturated carbocycles. The third-order valence-electron chi connectivity index (χ3n) is 3.23. The molecular formula is C15H22N2OS. The maximum Gasteiger partial charge on any atom is 0.253 e. The number of carbonyl (C=O) groups excluding carboxylic acids is 1. The molecule has 1 aromatic carbocycles. The zero-order chi connectivity index (χ0) is 13.5. The van der Waals surface area contributed by atoms with Crippen molar-refractivity contribution in [2.45, 2.75) is 32.2 Å². The minimum absolute atomic E-state index is 0.0479. The van der Waals surface area contributed by atoms with Crippen LogP contribution in [0.1, 0.15) is 36.5 Å². The number of benzene rings is 1. The lowest BCUT2D eigenvalue weighted by molar-refractivity contribution is 0.0939. The molecule has 1 aliphatic heterocycles. The van der Waals surface area contributed by atoms with Crippen molar-refractivity contribution in [2.24, 2.45) is 0 Å². The molecule has 1 aliphatic rings. The highest BCUT2D eigenvalue weighted by molar-refractivity contribution is 7.99. The standard InChI is InChI=1S/C15H22N2OS/c1-2-9-16-14-8-4-3-7-13(14)15(18)17-12-6-5-10-19-11-12/h3-4,7-8,12,16H,2,5-6,9-11H2,1H3,(H,17,18). The van der Waals surface area contributed by atoms with Crippen LogP contribution in [-0.2, 0) is 0 Å². The summed E-state index contributed by atoms with van der Waals surface area (Å²) in [5.41, 5.74) is 1.69. The fourth-order valence-electron chi connectivity index (χ4n) is 2.21. The Kier molecular flexibility index (Phi) is 5.58. The topological polar surface area (TPSA) is 41.1 Å². The minimum Gasteiger partial charge on any atom is -0.384 e. The molecular weight excluding hydrogens is 256 g/mol. The first-order valence-corrected chi connectivity index (χ1v) is 8.18. The second-order valence-electron chi connectivity index (χ2n) is 4.86. The smallest absolute Gasteiger partial charge is 0.253 e. The number of hydrogen-bond acceptors (Lipinski definition) is 3. The molecule has 104 valence electrons. The lowest BCUT2D eigenvalue weighted by Crippen LogP contribution is -2.38. The highest BCUT2D eigenvalue weighted by atomic mass is 32.2. The molecule has 1 saturated heterocycles. The molecule has 1 atom stereocenters. The number of thioether (sulfide) groups is 1. The predicted octanol–water partition coefficient (Wildman–Crippen LogP) is 3.13. The quantitative estimate of drug-likeness (QED) is 0.869. The number of nitrogens with one attached hydrogen (secondary N) is 2. The average molecular weight is 278 g/mol. The van der Waals surface area contributed by atoms with E-state index >= 15 is 0 Å². The second kappa shape index (κ2) is 7.43. The number of hydrogen-bond donors (Lipinski definition) is 2. The first kappa shape index (κ1) is 14.3. The van der Waals surface area contributed by atoms with Gasteiger partial charge in [0.1, 0.15) is 0 Å². The summed E-state index contributed by atoms with van der Waals surface area (Å²) in [4.78, 5) is 12.3. The van der Waals surface area contributed by atoms with Gasteiger partial charge >= 0.3 is 0 Å². The lowest BCUT2D eigenvalue weighted by atomic mass is 10.1. The van der Waals surface area contributed by atoms with Crippen LogP contribution < -0.4 is 10.6 Å². The third-order valence-corrected chi connectivity index (χ3v) is 4.45. The number of rotatable bonds is 5. The van der Waals surface area contributed by atoms with Gasteiger partial charge in [-0.1, -0.05) is 19.1 Å². The molecule has 0 aliphatic carbocycles. The lowest BCUT2D eigenvalue weighted by Gasteiger charge is -2.23. The molecule has 0 radical (unpaired) electrons. The Labute approximate surface area is 119 Å². The van der Waals surface area contributed by atoms with E-state index in [-0.39, 0.29) is 5.91 Å². The summed E-state index contributed by atoms with van der Waals surface area (Å²) in [6.45, 7) is 3.01. The van der Waals surface area contributed by atoms with Crippen molar-refractivity contribution in [2.75, 3.05) is 23.4 Å². The summed E-state index contributed by atoms with van der Waals surface area (Å²) in [6.07, 6.45) is 3.35. The van der Waals surface area contributed by atoms with E-state index in [4.69, 9.17) is 0 Å². The van der Waals surface area contributed by atoms with Crippen molar-refractivity contribution in [1.29, 1.82) is 0 Å². The van der Waals surface area contributed by atoms with E-state index in [1.807, 2.05) is 36.0 Å². The molecule has 2 N–H and O–H groups in total. The van der Waals surface area contributed by atoms with Gasteiger partial charge in [0.15, 0.2) is 0 Å². The van der Waals surface area contributed by atoms with E-state index in [1.54, 1.807) is 0 Å². The average Bonchev–Trinajstić information content (AvgIpc) is 2.46. The van der Waals surface area contributed by atoms with Gasteiger partial charge in [-0.3, -0.25) is 4.79 Å². The van der Waals surface area contributed by atoms with Crippen LogP contribution in [0.5, 0.6) is 0 Å². The molecule has 0 bridgehead atoms. The van der Waals surface area contributed by atoms with Gasteiger partial charge in [0.25, 0.3) is 5.91 Å². The van der Waals surface area contributed by atoms with Crippen molar-refractivity contribution < 1.29 is 4.79 Å². The zero-order valence-electron chi connectivity index (χ0n) is 11.4. The van der Waals surface area contributed by atoms with E-state index in [1.165, 1.54) is 12.2 Å². The van der Waals surface area contributed by atoms with E-state index < -0.39 is 0 Å². The maximum absolute atomic E-state index is 12.3. The normalized spacial score (nSPS) is 18.9. The van der Waals surface area contributed by atoms with Gasteiger partial charge in [0.2, 0.25) is 0 Å². The van der Waals surface area contributed by atoms with Gasteiger partial charge < -0.3 is 10.6 Å². The summed E-state index contributed by atoms with van der Waals surface area (Å²) in [5, 5.41) is 6.47. The van der Waals surface area contributed by atoms with Gasteiger partial charge in [-0.05, 0) is 37.1 Å². The largest absolute Gasteiger partial charge is 0.384 e. The number of carbonyl (C=O) groups is 1. The van der Waals surface area contributed by atoms with E-state index in [0.717, 1.165) is 36.4 Å².